The predicted octanol–water partition coefficient (Wildman–Crippen LogP) is 14.9. The van der Waals surface area contributed by atoms with E-state index in [1.54, 1.807) is 11.1 Å². The fraction of sp³-hybridized carbons (Fsp3) is 0.200. The van der Waals surface area contributed by atoms with Crippen molar-refractivity contribution in [2.24, 2.45) is 23.7 Å². The van der Waals surface area contributed by atoms with E-state index >= 15 is 0 Å². The lowest BCUT2D eigenvalue weighted by Crippen LogP contribution is -2.55. The molecule has 0 saturated heterocycles. The molecule has 4 fully saturated rings. The molecule has 0 amide bonds. The van der Waals surface area contributed by atoms with Gasteiger partial charge in [-0.1, -0.05) is 140 Å². The van der Waals surface area contributed by atoms with E-state index in [0.717, 1.165) is 40.5 Å². The number of allylic oxidation sites excluding steroid dienone is 5. The molecule has 0 unspecified atom stereocenters. The van der Waals surface area contributed by atoms with Crippen molar-refractivity contribution in [1.82, 2.24) is 0 Å². The van der Waals surface area contributed by atoms with E-state index in [2.05, 4.69) is 182 Å². The Morgan fingerprint density at radius 2 is 1.16 bits per heavy atom. The molecule has 1 spiro atoms. The van der Waals surface area contributed by atoms with E-state index in [1.165, 1.54) is 87.3 Å². The predicted molar refractivity (Wildman–Crippen MR) is 238 cm³/mol. The summed E-state index contributed by atoms with van der Waals surface area (Å²) in [6.07, 6.45) is 13.5. The fourth-order valence-electron chi connectivity index (χ4n) is 12.0. The first kappa shape index (κ1) is 33.4. The Morgan fingerprint density at radius 1 is 0.536 bits per heavy atom. The van der Waals surface area contributed by atoms with E-state index in [0.29, 0.717) is 0 Å². The third-order valence-corrected chi connectivity index (χ3v) is 14.2. The number of hydrogen-bond acceptors (Lipinski definition) is 1. The average Bonchev–Trinajstić information content (AvgIpc) is 3.53. The van der Waals surface area contributed by atoms with Gasteiger partial charge in [-0.15, -0.1) is 0 Å². The Kier molecular flexibility index (Phi) is 7.82. The molecule has 0 aromatic heterocycles. The third-order valence-electron chi connectivity index (χ3n) is 14.2. The number of nitrogens with zero attached hydrogens (tertiary/aromatic N) is 1. The average molecular weight is 722 g/mol. The molecule has 7 aromatic rings. The van der Waals surface area contributed by atoms with Gasteiger partial charge >= 0.3 is 0 Å². The van der Waals surface area contributed by atoms with Crippen molar-refractivity contribution >= 4 is 49.8 Å². The normalized spacial score (nSPS) is 23.3. The number of hydrogen-bond donors (Lipinski definition) is 0. The van der Waals surface area contributed by atoms with Gasteiger partial charge in [0.05, 0.1) is 0 Å². The van der Waals surface area contributed by atoms with E-state index in [9.17, 15) is 0 Å². The van der Waals surface area contributed by atoms with Gasteiger partial charge in [0.15, 0.2) is 0 Å². The minimum atomic E-state index is 0.115. The van der Waals surface area contributed by atoms with Crippen LogP contribution in [0, 0.1) is 23.7 Å². The van der Waals surface area contributed by atoms with E-state index < -0.39 is 0 Å². The molecule has 272 valence electrons. The van der Waals surface area contributed by atoms with E-state index in [-0.39, 0.29) is 5.41 Å². The van der Waals surface area contributed by atoms with Crippen molar-refractivity contribution in [3.05, 3.63) is 199 Å². The van der Waals surface area contributed by atoms with Crippen LogP contribution in [-0.4, -0.2) is 0 Å². The maximum atomic E-state index is 4.34. The van der Waals surface area contributed by atoms with Crippen molar-refractivity contribution < 1.29 is 0 Å². The summed E-state index contributed by atoms with van der Waals surface area (Å²) in [6.45, 7) is 6.46. The second kappa shape index (κ2) is 13.1. The Hall–Kier alpha value is -5.92. The molecule has 0 atom stereocenters. The summed E-state index contributed by atoms with van der Waals surface area (Å²) < 4.78 is 0. The highest BCUT2D eigenvalue weighted by atomic mass is 15.1. The van der Waals surface area contributed by atoms with Gasteiger partial charge < -0.3 is 4.90 Å². The molecule has 0 radical (unpaired) electrons. The molecule has 12 rings (SSSR count). The van der Waals surface area contributed by atoms with E-state index in [4.69, 9.17) is 0 Å². The van der Waals surface area contributed by atoms with Crippen LogP contribution in [0.3, 0.4) is 0 Å². The fourth-order valence-corrected chi connectivity index (χ4v) is 12.0. The lowest BCUT2D eigenvalue weighted by atomic mass is 9.43. The molecule has 1 nitrogen and oxygen atoms in total. The molecular weight excluding hydrogens is 675 g/mol. The number of fused-ring (bicyclic) bond motifs is 6. The molecule has 0 heterocycles. The van der Waals surface area contributed by atoms with Gasteiger partial charge in [-0.3, -0.25) is 0 Å². The SMILES string of the molecule is C=C(/C=C\C(=C/C)c1ccc(N(c2ccc3c(c2)C2(c4ccccc4-3)C3CC4CC(C3)CC2C4)c2ccc3c(ccc4ccccc43)c2)cc1)c1ccccc1. The van der Waals surface area contributed by atoms with Crippen molar-refractivity contribution in [2.45, 2.75) is 44.4 Å². The maximum Gasteiger partial charge on any atom is 0.0468 e. The lowest BCUT2D eigenvalue weighted by Gasteiger charge is -2.61. The molecule has 7 aromatic carbocycles. The highest BCUT2D eigenvalue weighted by Gasteiger charge is 2.61. The van der Waals surface area contributed by atoms with Crippen LogP contribution in [0.15, 0.2) is 176 Å². The molecule has 1 heteroatoms. The van der Waals surface area contributed by atoms with Crippen LogP contribution in [0.25, 0.3) is 43.8 Å². The highest BCUT2D eigenvalue weighted by Crippen LogP contribution is 2.69. The lowest BCUT2D eigenvalue weighted by molar-refractivity contribution is -0.0399. The maximum absolute atomic E-state index is 4.34. The highest BCUT2D eigenvalue weighted by molar-refractivity contribution is 6.08. The van der Waals surface area contributed by atoms with Crippen LogP contribution in [0.4, 0.5) is 17.1 Å². The number of rotatable bonds is 7. The van der Waals surface area contributed by atoms with Gasteiger partial charge in [-0.2, -0.15) is 0 Å². The van der Waals surface area contributed by atoms with E-state index in [1.807, 2.05) is 6.07 Å². The van der Waals surface area contributed by atoms with Crippen molar-refractivity contribution in [1.29, 1.82) is 0 Å². The monoisotopic (exact) mass is 721 g/mol. The van der Waals surface area contributed by atoms with Gasteiger partial charge in [0.2, 0.25) is 0 Å². The van der Waals surface area contributed by atoms with Crippen molar-refractivity contribution in [2.75, 3.05) is 4.90 Å². The van der Waals surface area contributed by atoms with Crippen LogP contribution < -0.4 is 4.90 Å². The molecule has 56 heavy (non-hydrogen) atoms. The molecule has 5 aliphatic rings. The summed E-state index contributed by atoms with van der Waals surface area (Å²) in [5.41, 5.74) is 14.3. The molecule has 0 aliphatic heterocycles. The zero-order valence-electron chi connectivity index (χ0n) is 32.2. The quantitative estimate of drug-likeness (QED) is 0.117. The minimum Gasteiger partial charge on any atom is -0.310 e. The van der Waals surface area contributed by atoms with Gasteiger partial charge in [0.1, 0.15) is 0 Å². The Bertz CT molecular complexity index is 2700. The van der Waals surface area contributed by atoms with Crippen LogP contribution in [-0.2, 0) is 5.41 Å². The summed E-state index contributed by atoms with van der Waals surface area (Å²) in [5, 5.41) is 5.13. The van der Waals surface area contributed by atoms with Gasteiger partial charge in [-0.25, -0.2) is 0 Å². The topological polar surface area (TPSA) is 3.24 Å². The van der Waals surface area contributed by atoms with Crippen molar-refractivity contribution in [3.8, 4) is 11.1 Å². The summed E-state index contributed by atoms with van der Waals surface area (Å²) in [5.74, 6) is 3.28. The molecule has 5 aliphatic carbocycles. The standard InChI is InChI=1S/C55H47N/c1-3-39(18-17-36(2)40-11-5-4-6-12-40)41-21-23-46(24-22-41)56(47-25-27-50-43(34-47)20-19-42-13-7-8-14-49(42)50)48-26-28-52-51-15-9-10-16-53(51)55(54(52)35-48)44-30-37-29-38(32-44)33-45(55)31-37/h3-28,34-35,37-38,44-45H,2,29-33H2,1H3/b18-17-,39-3+. The van der Waals surface area contributed by atoms with Crippen LogP contribution >= 0.6 is 0 Å². The number of benzene rings is 7. The zero-order chi connectivity index (χ0) is 37.4. The third kappa shape index (κ3) is 5.13. The summed E-state index contributed by atoms with van der Waals surface area (Å²) in [7, 11) is 0. The van der Waals surface area contributed by atoms with Crippen LogP contribution in [0.2, 0.25) is 0 Å². The smallest absolute Gasteiger partial charge is 0.0468 e. The molecule has 4 bridgehead atoms. The number of anilines is 3. The zero-order valence-corrected chi connectivity index (χ0v) is 32.2. The van der Waals surface area contributed by atoms with Crippen LogP contribution in [0.1, 0.15) is 61.3 Å². The van der Waals surface area contributed by atoms with Gasteiger partial charge in [-0.05, 0) is 165 Å². The first-order valence-corrected chi connectivity index (χ1v) is 20.7. The summed E-state index contributed by atoms with van der Waals surface area (Å²) in [6, 6.07) is 56.9. The largest absolute Gasteiger partial charge is 0.310 e. The van der Waals surface area contributed by atoms with Crippen LogP contribution in [0.5, 0.6) is 0 Å². The summed E-state index contributed by atoms with van der Waals surface area (Å²) >= 11 is 0. The molecular formula is C55H47N. The molecule has 0 N–H and O–H groups in total. The first-order chi connectivity index (χ1) is 27.6. The second-order valence-corrected chi connectivity index (χ2v) is 17.0. The Labute approximate surface area is 331 Å². The summed E-state index contributed by atoms with van der Waals surface area (Å²) in [4.78, 5) is 2.51. The van der Waals surface area contributed by atoms with Gasteiger partial charge in [0, 0.05) is 22.5 Å². The second-order valence-electron chi connectivity index (χ2n) is 17.0. The first-order valence-electron chi connectivity index (χ1n) is 20.7. The van der Waals surface area contributed by atoms with Crippen molar-refractivity contribution in [3.63, 3.8) is 0 Å². The Morgan fingerprint density at radius 3 is 1.95 bits per heavy atom. The Balaban J connectivity index is 1.04. The minimum absolute atomic E-state index is 0.115. The van der Waals surface area contributed by atoms with Gasteiger partial charge in [0.25, 0.3) is 0 Å². The molecule has 4 saturated carbocycles.